The van der Waals surface area contributed by atoms with Crippen molar-refractivity contribution < 1.29 is 9.53 Å². The van der Waals surface area contributed by atoms with Crippen LogP contribution in [0.25, 0.3) is 0 Å². The van der Waals surface area contributed by atoms with E-state index < -0.39 is 0 Å². The minimum atomic E-state index is -0.147. The van der Waals surface area contributed by atoms with Gasteiger partial charge in [-0.05, 0) is 19.8 Å². The van der Waals surface area contributed by atoms with E-state index in [4.69, 9.17) is 4.74 Å². The van der Waals surface area contributed by atoms with Gasteiger partial charge in [-0.1, -0.05) is 39.2 Å². The number of esters is 1. The second-order valence-electron chi connectivity index (χ2n) is 3.36. The van der Waals surface area contributed by atoms with Gasteiger partial charge in [0.1, 0.15) is 0 Å². The van der Waals surface area contributed by atoms with E-state index in [1.54, 1.807) is 0 Å². The number of ether oxygens (including phenoxy) is 1. The van der Waals surface area contributed by atoms with Crippen LogP contribution in [0, 0.1) is 0 Å². The molecule has 0 unspecified atom stereocenters. The van der Waals surface area contributed by atoms with Gasteiger partial charge in [-0.25, -0.2) is 4.79 Å². The summed E-state index contributed by atoms with van der Waals surface area (Å²) >= 11 is 0. The fourth-order valence-electron chi connectivity index (χ4n) is 1.25. The van der Waals surface area contributed by atoms with E-state index in [1.807, 2.05) is 19.9 Å². The molecule has 0 saturated carbocycles. The monoisotopic (exact) mass is 198 g/mol. The van der Waals surface area contributed by atoms with Crippen LogP contribution in [0.3, 0.4) is 0 Å². The van der Waals surface area contributed by atoms with Crippen LogP contribution in [0.1, 0.15) is 52.9 Å². The van der Waals surface area contributed by atoms with E-state index in [1.165, 1.54) is 12.8 Å². The van der Waals surface area contributed by atoms with Crippen LogP contribution in [0.5, 0.6) is 0 Å². The quantitative estimate of drug-likeness (QED) is 0.356. The van der Waals surface area contributed by atoms with Crippen LogP contribution >= 0.6 is 0 Å². The first-order chi connectivity index (χ1) is 6.76. The van der Waals surface area contributed by atoms with Gasteiger partial charge in [0.15, 0.2) is 0 Å². The summed E-state index contributed by atoms with van der Waals surface area (Å²) in [6, 6.07) is 0. The molecule has 0 N–H and O–H groups in total. The predicted molar refractivity (Wildman–Crippen MR) is 59.1 cm³/mol. The summed E-state index contributed by atoms with van der Waals surface area (Å²) in [6.45, 7) is 6.57. The molecule has 0 saturated heterocycles. The summed E-state index contributed by atoms with van der Waals surface area (Å²) in [5.41, 5.74) is 0.778. The van der Waals surface area contributed by atoms with Gasteiger partial charge in [0.2, 0.25) is 0 Å². The van der Waals surface area contributed by atoms with Crippen molar-refractivity contribution in [1.29, 1.82) is 0 Å². The van der Waals surface area contributed by atoms with Gasteiger partial charge in [-0.15, -0.1) is 0 Å². The Hall–Kier alpha value is -0.790. The Labute approximate surface area is 87.3 Å². The van der Waals surface area contributed by atoms with E-state index in [9.17, 15) is 4.79 Å². The number of rotatable bonds is 7. The van der Waals surface area contributed by atoms with Crippen LogP contribution in [0.2, 0.25) is 0 Å². The molecule has 0 rings (SSSR count). The number of carbonyl (C=O) groups is 1. The van der Waals surface area contributed by atoms with E-state index in [0.29, 0.717) is 6.61 Å². The summed E-state index contributed by atoms with van der Waals surface area (Å²) in [4.78, 5) is 11.3. The molecule has 0 aromatic rings. The third kappa shape index (κ3) is 5.79. The topological polar surface area (TPSA) is 26.3 Å². The standard InChI is InChI=1S/C12H22O2/c1-4-7-8-9-10-14-12(13)11(5-2)6-3/h5H,4,6-10H2,1-3H3. The van der Waals surface area contributed by atoms with Gasteiger partial charge in [-0.3, -0.25) is 0 Å². The molecule has 0 radical (unpaired) electrons. The number of unbranched alkanes of at least 4 members (excludes halogenated alkanes) is 3. The summed E-state index contributed by atoms with van der Waals surface area (Å²) in [5.74, 6) is -0.147. The zero-order valence-corrected chi connectivity index (χ0v) is 9.64. The highest BCUT2D eigenvalue weighted by Gasteiger charge is 2.06. The number of hydrogen-bond acceptors (Lipinski definition) is 2. The molecular weight excluding hydrogens is 176 g/mol. The lowest BCUT2D eigenvalue weighted by atomic mass is 10.2. The van der Waals surface area contributed by atoms with Crippen LogP contribution in [-0.2, 0) is 9.53 Å². The molecule has 2 heteroatoms. The van der Waals surface area contributed by atoms with Crippen molar-refractivity contribution in [2.24, 2.45) is 0 Å². The third-order valence-electron chi connectivity index (χ3n) is 2.22. The molecule has 0 heterocycles. The second kappa shape index (κ2) is 8.79. The van der Waals surface area contributed by atoms with E-state index in [2.05, 4.69) is 6.92 Å². The van der Waals surface area contributed by atoms with Crippen molar-refractivity contribution in [2.75, 3.05) is 6.61 Å². The van der Waals surface area contributed by atoms with Gasteiger partial charge in [0, 0.05) is 5.57 Å². The zero-order chi connectivity index (χ0) is 10.8. The lowest BCUT2D eigenvalue weighted by molar-refractivity contribution is -0.139. The highest BCUT2D eigenvalue weighted by atomic mass is 16.5. The van der Waals surface area contributed by atoms with Gasteiger partial charge in [-0.2, -0.15) is 0 Å². The fraction of sp³-hybridized carbons (Fsp3) is 0.750. The average Bonchev–Trinajstić information content (AvgIpc) is 2.19. The van der Waals surface area contributed by atoms with Crippen LogP contribution in [0.15, 0.2) is 11.6 Å². The maximum absolute atomic E-state index is 11.3. The Morgan fingerprint density at radius 3 is 2.43 bits per heavy atom. The van der Waals surface area contributed by atoms with Crippen molar-refractivity contribution in [3.8, 4) is 0 Å². The maximum Gasteiger partial charge on any atom is 0.333 e. The van der Waals surface area contributed by atoms with E-state index >= 15 is 0 Å². The zero-order valence-electron chi connectivity index (χ0n) is 9.64. The Bertz CT molecular complexity index is 183. The first kappa shape index (κ1) is 13.2. The molecule has 0 aliphatic heterocycles. The van der Waals surface area contributed by atoms with Gasteiger partial charge in [0.25, 0.3) is 0 Å². The van der Waals surface area contributed by atoms with Gasteiger partial charge >= 0.3 is 5.97 Å². The molecule has 0 aliphatic rings. The highest BCUT2D eigenvalue weighted by molar-refractivity contribution is 5.88. The number of carbonyl (C=O) groups excluding carboxylic acids is 1. The summed E-state index contributed by atoms with van der Waals surface area (Å²) in [6.07, 6.45) is 7.16. The van der Waals surface area contributed by atoms with Crippen LogP contribution in [0.4, 0.5) is 0 Å². The lowest BCUT2D eigenvalue weighted by Gasteiger charge is -2.05. The Morgan fingerprint density at radius 1 is 1.21 bits per heavy atom. The first-order valence-corrected chi connectivity index (χ1v) is 5.58. The summed E-state index contributed by atoms with van der Waals surface area (Å²) in [5, 5.41) is 0. The molecule has 0 fully saturated rings. The molecule has 0 aromatic carbocycles. The summed E-state index contributed by atoms with van der Waals surface area (Å²) in [7, 11) is 0. The van der Waals surface area contributed by atoms with Crippen molar-refractivity contribution >= 4 is 5.97 Å². The normalized spacial score (nSPS) is 11.5. The average molecular weight is 198 g/mol. The highest BCUT2D eigenvalue weighted by Crippen LogP contribution is 2.05. The molecule has 82 valence electrons. The first-order valence-electron chi connectivity index (χ1n) is 5.58. The Kier molecular flexibility index (Phi) is 8.30. The van der Waals surface area contributed by atoms with E-state index in [-0.39, 0.29) is 5.97 Å². The molecule has 14 heavy (non-hydrogen) atoms. The number of hydrogen-bond donors (Lipinski definition) is 0. The lowest BCUT2D eigenvalue weighted by Crippen LogP contribution is -2.08. The largest absolute Gasteiger partial charge is 0.462 e. The molecule has 0 amide bonds. The van der Waals surface area contributed by atoms with E-state index in [0.717, 1.165) is 24.8 Å². The van der Waals surface area contributed by atoms with Gasteiger partial charge < -0.3 is 4.74 Å². The second-order valence-corrected chi connectivity index (χ2v) is 3.36. The molecular formula is C12H22O2. The Morgan fingerprint density at radius 2 is 1.93 bits per heavy atom. The SMILES string of the molecule is CC=C(CC)C(=O)OCCCCCC. The van der Waals surface area contributed by atoms with Crippen molar-refractivity contribution in [3.63, 3.8) is 0 Å². The molecule has 0 spiro atoms. The smallest absolute Gasteiger partial charge is 0.333 e. The van der Waals surface area contributed by atoms with Crippen molar-refractivity contribution in [1.82, 2.24) is 0 Å². The Balaban J connectivity index is 3.53. The maximum atomic E-state index is 11.3. The van der Waals surface area contributed by atoms with Gasteiger partial charge in [0.05, 0.1) is 6.61 Å². The number of allylic oxidation sites excluding steroid dienone is 1. The van der Waals surface area contributed by atoms with Crippen LogP contribution < -0.4 is 0 Å². The third-order valence-corrected chi connectivity index (χ3v) is 2.22. The molecule has 2 nitrogen and oxygen atoms in total. The van der Waals surface area contributed by atoms with Crippen molar-refractivity contribution in [3.05, 3.63) is 11.6 Å². The fourth-order valence-corrected chi connectivity index (χ4v) is 1.25. The van der Waals surface area contributed by atoms with Crippen molar-refractivity contribution in [2.45, 2.75) is 52.9 Å². The minimum Gasteiger partial charge on any atom is -0.462 e. The molecule has 0 aromatic heterocycles. The molecule has 0 atom stereocenters. The summed E-state index contributed by atoms with van der Waals surface area (Å²) < 4.78 is 5.13. The predicted octanol–water partition coefficient (Wildman–Crippen LogP) is 3.47. The minimum absolute atomic E-state index is 0.147. The molecule has 0 bridgehead atoms. The van der Waals surface area contributed by atoms with Crippen LogP contribution in [-0.4, -0.2) is 12.6 Å². The molecule has 0 aliphatic carbocycles.